The van der Waals surface area contributed by atoms with Gasteiger partial charge in [0.25, 0.3) is 0 Å². The molecule has 0 bridgehead atoms. The maximum absolute atomic E-state index is 9.58. The number of halogens is 1. The first kappa shape index (κ1) is 14.6. The molecule has 0 saturated carbocycles. The Bertz CT molecular complexity index is 417. The quantitative estimate of drug-likeness (QED) is 0.919. The Balaban J connectivity index is 2.02. The van der Waals surface area contributed by atoms with Gasteiger partial charge in [0.1, 0.15) is 0 Å². The van der Waals surface area contributed by atoms with Crippen LogP contribution in [-0.2, 0) is 4.74 Å². The van der Waals surface area contributed by atoms with Crippen LogP contribution in [0.4, 0.5) is 5.69 Å². The molecule has 106 valence electrons. The number of hydrogen-bond donors (Lipinski definition) is 1. The molecule has 0 spiro atoms. The summed E-state index contributed by atoms with van der Waals surface area (Å²) in [6.07, 6.45) is 3.33. The minimum Gasteiger partial charge on any atom is -0.389 e. The van der Waals surface area contributed by atoms with Crippen LogP contribution in [0.1, 0.15) is 37.9 Å². The van der Waals surface area contributed by atoms with Gasteiger partial charge in [-0.05, 0) is 43.9 Å². The molecule has 0 aromatic heterocycles. The number of benzene rings is 1. The Morgan fingerprint density at radius 2 is 2.26 bits per heavy atom. The third-order valence-electron chi connectivity index (χ3n) is 3.63. The van der Waals surface area contributed by atoms with Crippen molar-refractivity contribution in [2.75, 3.05) is 25.1 Å². The summed E-state index contributed by atoms with van der Waals surface area (Å²) in [6, 6.07) is 5.80. The average Bonchev–Trinajstić information content (AvgIpc) is 2.39. The van der Waals surface area contributed by atoms with E-state index in [9.17, 15) is 5.11 Å². The number of likely N-dealkylation sites (N-methyl/N-ethyl adjacent to an activating group) is 1. The van der Waals surface area contributed by atoms with Gasteiger partial charge in [-0.15, -0.1) is 0 Å². The molecule has 0 radical (unpaired) electrons. The normalized spacial score (nSPS) is 21.2. The summed E-state index contributed by atoms with van der Waals surface area (Å²) in [6.45, 7) is 3.48. The molecule has 1 saturated heterocycles. The second-order valence-electron chi connectivity index (χ2n) is 5.25. The van der Waals surface area contributed by atoms with Crippen LogP contribution in [0.25, 0.3) is 0 Å². The van der Waals surface area contributed by atoms with Crippen LogP contribution in [0.15, 0.2) is 18.2 Å². The minimum absolute atomic E-state index is 0.314. The molecule has 0 amide bonds. The topological polar surface area (TPSA) is 32.7 Å². The largest absolute Gasteiger partial charge is 0.389 e. The highest BCUT2D eigenvalue weighted by atomic mass is 35.5. The minimum atomic E-state index is -0.534. The summed E-state index contributed by atoms with van der Waals surface area (Å²) in [7, 11) is 2.05. The Labute approximate surface area is 120 Å². The van der Waals surface area contributed by atoms with Gasteiger partial charge in [0.05, 0.1) is 12.2 Å². The predicted molar refractivity (Wildman–Crippen MR) is 78.9 cm³/mol. The van der Waals surface area contributed by atoms with Crippen LogP contribution in [0.2, 0.25) is 5.02 Å². The first-order chi connectivity index (χ1) is 9.08. The lowest BCUT2D eigenvalue weighted by Gasteiger charge is -2.29. The molecule has 2 unspecified atom stereocenters. The van der Waals surface area contributed by atoms with E-state index in [0.29, 0.717) is 11.1 Å². The molecule has 3 nitrogen and oxygen atoms in total. The van der Waals surface area contributed by atoms with Crippen molar-refractivity contribution in [2.45, 2.75) is 38.4 Å². The number of rotatable bonds is 4. The number of hydrogen-bond acceptors (Lipinski definition) is 3. The van der Waals surface area contributed by atoms with E-state index < -0.39 is 6.10 Å². The summed E-state index contributed by atoms with van der Waals surface area (Å²) < 4.78 is 5.75. The van der Waals surface area contributed by atoms with Crippen LogP contribution in [-0.4, -0.2) is 31.4 Å². The van der Waals surface area contributed by atoms with Gasteiger partial charge in [0, 0.05) is 30.9 Å². The molecule has 1 aromatic carbocycles. The summed E-state index contributed by atoms with van der Waals surface area (Å²) >= 11 is 6.19. The maximum Gasteiger partial charge on any atom is 0.0776 e. The number of nitrogens with zero attached hydrogens (tertiary/aromatic N) is 1. The average molecular weight is 284 g/mol. The first-order valence-electron chi connectivity index (χ1n) is 6.88. The number of aliphatic hydroxyl groups is 1. The van der Waals surface area contributed by atoms with Crippen molar-refractivity contribution in [2.24, 2.45) is 0 Å². The SMILES string of the molecule is CC(O)c1ccc(N(C)CC2CCCCO2)cc1Cl. The Morgan fingerprint density at radius 1 is 1.47 bits per heavy atom. The fourth-order valence-corrected chi connectivity index (χ4v) is 2.79. The van der Waals surface area contributed by atoms with Crippen LogP contribution < -0.4 is 4.90 Å². The van der Waals surface area contributed by atoms with E-state index in [0.717, 1.165) is 30.8 Å². The van der Waals surface area contributed by atoms with E-state index in [4.69, 9.17) is 16.3 Å². The standard InChI is InChI=1S/C15H22ClNO2/c1-11(18)14-7-6-12(9-15(14)16)17(2)10-13-5-3-4-8-19-13/h6-7,9,11,13,18H,3-5,8,10H2,1-2H3. The van der Waals surface area contributed by atoms with E-state index in [1.807, 2.05) is 25.2 Å². The molecule has 1 heterocycles. The highest BCUT2D eigenvalue weighted by Crippen LogP contribution is 2.28. The molecule has 1 aromatic rings. The van der Waals surface area contributed by atoms with E-state index in [-0.39, 0.29) is 0 Å². The molecule has 1 aliphatic heterocycles. The number of anilines is 1. The van der Waals surface area contributed by atoms with Gasteiger partial charge in [-0.1, -0.05) is 17.7 Å². The first-order valence-corrected chi connectivity index (χ1v) is 7.26. The fourth-order valence-electron chi connectivity index (χ4n) is 2.45. The Hall–Kier alpha value is -0.770. The highest BCUT2D eigenvalue weighted by Gasteiger charge is 2.17. The van der Waals surface area contributed by atoms with Crippen LogP contribution in [0.3, 0.4) is 0 Å². The molecule has 2 atom stereocenters. The van der Waals surface area contributed by atoms with Crippen molar-refractivity contribution >= 4 is 17.3 Å². The molecular weight excluding hydrogens is 262 g/mol. The maximum atomic E-state index is 9.58. The van der Waals surface area contributed by atoms with Gasteiger partial charge >= 0.3 is 0 Å². The molecular formula is C15H22ClNO2. The zero-order chi connectivity index (χ0) is 13.8. The van der Waals surface area contributed by atoms with Crippen molar-refractivity contribution < 1.29 is 9.84 Å². The lowest BCUT2D eigenvalue weighted by atomic mass is 10.1. The van der Waals surface area contributed by atoms with Crippen molar-refractivity contribution in [1.29, 1.82) is 0 Å². The molecule has 19 heavy (non-hydrogen) atoms. The van der Waals surface area contributed by atoms with Crippen molar-refractivity contribution in [1.82, 2.24) is 0 Å². The second kappa shape index (κ2) is 6.60. The third-order valence-corrected chi connectivity index (χ3v) is 3.95. The van der Waals surface area contributed by atoms with E-state index in [1.165, 1.54) is 12.8 Å². The van der Waals surface area contributed by atoms with Crippen molar-refractivity contribution in [3.63, 3.8) is 0 Å². The zero-order valence-electron chi connectivity index (χ0n) is 11.6. The van der Waals surface area contributed by atoms with Crippen molar-refractivity contribution in [3.8, 4) is 0 Å². The van der Waals surface area contributed by atoms with Gasteiger partial charge in [0.2, 0.25) is 0 Å². The summed E-state index contributed by atoms with van der Waals surface area (Å²) in [5.41, 5.74) is 1.83. The number of ether oxygens (including phenoxy) is 1. The molecule has 1 fully saturated rings. The Kier molecular flexibility index (Phi) is 5.08. The van der Waals surface area contributed by atoms with E-state index in [1.54, 1.807) is 6.92 Å². The van der Waals surface area contributed by atoms with Gasteiger partial charge < -0.3 is 14.7 Å². The van der Waals surface area contributed by atoms with Gasteiger partial charge in [0.15, 0.2) is 0 Å². The van der Waals surface area contributed by atoms with Crippen LogP contribution in [0, 0.1) is 0 Å². The third kappa shape index (κ3) is 3.85. The molecule has 4 heteroatoms. The van der Waals surface area contributed by atoms with Crippen LogP contribution in [0.5, 0.6) is 0 Å². The summed E-state index contributed by atoms with van der Waals surface area (Å²) in [5.74, 6) is 0. The van der Waals surface area contributed by atoms with Crippen molar-refractivity contribution in [3.05, 3.63) is 28.8 Å². The Morgan fingerprint density at radius 3 is 2.84 bits per heavy atom. The molecule has 0 aliphatic carbocycles. The zero-order valence-corrected chi connectivity index (χ0v) is 12.4. The van der Waals surface area contributed by atoms with E-state index in [2.05, 4.69) is 4.90 Å². The predicted octanol–water partition coefficient (Wildman–Crippen LogP) is 3.40. The second-order valence-corrected chi connectivity index (χ2v) is 5.66. The van der Waals surface area contributed by atoms with Crippen LogP contribution >= 0.6 is 11.6 Å². The lowest BCUT2D eigenvalue weighted by Crippen LogP contribution is -2.33. The molecule has 1 aliphatic rings. The van der Waals surface area contributed by atoms with E-state index >= 15 is 0 Å². The number of aliphatic hydroxyl groups excluding tert-OH is 1. The highest BCUT2D eigenvalue weighted by molar-refractivity contribution is 6.31. The lowest BCUT2D eigenvalue weighted by molar-refractivity contribution is 0.0216. The molecule has 2 rings (SSSR count). The van der Waals surface area contributed by atoms with Gasteiger partial charge in [-0.3, -0.25) is 0 Å². The fraction of sp³-hybridized carbons (Fsp3) is 0.600. The van der Waals surface area contributed by atoms with Gasteiger partial charge in [-0.25, -0.2) is 0 Å². The monoisotopic (exact) mass is 283 g/mol. The summed E-state index contributed by atoms with van der Waals surface area (Å²) in [4.78, 5) is 2.16. The summed E-state index contributed by atoms with van der Waals surface area (Å²) in [5, 5.41) is 10.2. The molecule has 1 N–H and O–H groups in total. The van der Waals surface area contributed by atoms with Gasteiger partial charge in [-0.2, -0.15) is 0 Å². The smallest absolute Gasteiger partial charge is 0.0776 e.